The summed E-state index contributed by atoms with van der Waals surface area (Å²) in [5.41, 5.74) is 0. The highest BCUT2D eigenvalue weighted by Gasteiger charge is 2.26. The summed E-state index contributed by atoms with van der Waals surface area (Å²) >= 11 is 0. The van der Waals surface area contributed by atoms with E-state index in [9.17, 15) is 0 Å². The summed E-state index contributed by atoms with van der Waals surface area (Å²) in [5.74, 6) is 0.686. The van der Waals surface area contributed by atoms with Crippen LogP contribution in [0.1, 0.15) is 12.8 Å². The molecule has 2 fully saturated rings. The number of nitrogens with one attached hydrogen (secondary N) is 1. The maximum atomic E-state index is 5.53. The van der Waals surface area contributed by atoms with Crippen molar-refractivity contribution >= 4 is 12.4 Å². The van der Waals surface area contributed by atoms with Gasteiger partial charge in [-0.1, -0.05) is 0 Å². The summed E-state index contributed by atoms with van der Waals surface area (Å²) < 4.78 is 10.8. The van der Waals surface area contributed by atoms with Gasteiger partial charge in [0.1, 0.15) is 6.23 Å². The van der Waals surface area contributed by atoms with E-state index in [0.717, 1.165) is 39.2 Å². The minimum absolute atomic E-state index is 0. The second-order valence-corrected chi connectivity index (χ2v) is 3.20. The molecule has 0 aromatic heterocycles. The molecule has 0 radical (unpaired) electrons. The molecule has 0 aromatic rings. The van der Waals surface area contributed by atoms with Crippen molar-refractivity contribution in [2.24, 2.45) is 5.92 Å². The molecule has 0 spiro atoms. The van der Waals surface area contributed by atoms with Crippen LogP contribution in [0.3, 0.4) is 0 Å². The van der Waals surface area contributed by atoms with E-state index in [1.54, 1.807) is 0 Å². The summed E-state index contributed by atoms with van der Waals surface area (Å²) in [6.07, 6.45) is 2.62. The van der Waals surface area contributed by atoms with Crippen molar-refractivity contribution in [3.8, 4) is 0 Å². The number of ether oxygens (including phenoxy) is 2. The Morgan fingerprint density at radius 2 is 1.83 bits per heavy atom. The molecule has 12 heavy (non-hydrogen) atoms. The van der Waals surface area contributed by atoms with Gasteiger partial charge in [-0.25, -0.2) is 0 Å². The highest BCUT2D eigenvalue weighted by atomic mass is 35.5. The Morgan fingerprint density at radius 1 is 1.08 bits per heavy atom. The van der Waals surface area contributed by atoms with Crippen LogP contribution in [0.25, 0.3) is 0 Å². The number of hydrogen-bond acceptors (Lipinski definition) is 3. The third-order valence-electron chi connectivity index (χ3n) is 2.44. The zero-order valence-electron chi connectivity index (χ0n) is 7.12. The normalized spacial score (nSPS) is 31.5. The minimum atomic E-state index is 0. The van der Waals surface area contributed by atoms with Gasteiger partial charge in [-0.15, -0.1) is 12.4 Å². The third kappa shape index (κ3) is 2.33. The second kappa shape index (κ2) is 5.02. The highest BCUT2D eigenvalue weighted by Crippen LogP contribution is 2.20. The Bertz CT molecular complexity index is 122. The number of rotatable bonds is 1. The number of hydrogen-bond donors (Lipinski definition) is 1. The summed E-state index contributed by atoms with van der Waals surface area (Å²) in [4.78, 5) is 0. The molecular weight excluding hydrogens is 178 g/mol. The van der Waals surface area contributed by atoms with Crippen LogP contribution in [0.4, 0.5) is 0 Å². The fourth-order valence-corrected chi connectivity index (χ4v) is 1.77. The van der Waals surface area contributed by atoms with Crippen molar-refractivity contribution in [2.45, 2.75) is 19.1 Å². The maximum Gasteiger partial charge on any atom is 0.111 e. The molecule has 1 unspecified atom stereocenters. The molecule has 4 heteroatoms. The zero-order valence-corrected chi connectivity index (χ0v) is 7.94. The van der Waals surface area contributed by atoms with Crippen molar-refractivity contribution < 1.29 is 9.47 Å². The lowest BCUT2D eigenvalue weighted by atomic mass is 9.99. The van der Waals surface area contributed by atoms with Gasteiger partial charge in [0.05, 0.1) is 6.61 Å². The molecule has 0 amide bonds. The van der Waals surface area contributed by atoms with E-state index in [2.05, 4.69) is 5.32 Å². The second-order valence-electron chi connectivity index (χ2n) is 3.20. The van der Waals surface area contributed by atoms with Gasteiger partial charge in [-0.2, -0.15) is 0 Å². The van der Waals surface area contributed by atoms with Crippen LogP contribution in [0.5, 0.6) is 0 Å². The molecule has 0 aromatic carbocycles. The van der Waals surface area contributed by atoms with E-state index < -0.39 is 0 Å². The predicted octanol–water partition coefficient (Wildman–Crippen LogP) is 0.781. The molecular formula is C8H16ClNO2. The lowest BCUT2D eigenvalue weighted by Gasteiger charge is -2.26. The SMILES string of the molecule is C1COC(C2CCOCC2)N1.Cl. The molecule has 2 saturated heterocycles. The van der Waals surface area contributed by atoms with E-state index in [1.807, 2.05) is 0 Å². The van der Waals surface area contributed by atoms with Gasteiger partial charge in [-0.3, -0.25) is 5.32 Å². The van der Waals surface area contributed by atoms with E-state index in [1.165, 1.54) is 0 Å². The number of halogens is 1. The van der Waals surface area contributed by atoms with E-state index in [0.29, 0.717) is 12.1 Å². The molecule has 3 nitrogen and oxygen atoms in total. The van der Waals surface area contributed by atoms with Crippen molar-refractivity contribution in [1.29, 1.82) is 0 Å². The minimum Gasteiger partial charge on any atom is -0.381 e. The first kappa shape index (κ1) is 10.3. The Kier molecular flexibility index (Phi) is 4.29. The molecule has 0 saturated carbocycles. The first-order valence-corrected chi connectivity index (χ1v) is 4.39. The van der Waals surface area contributed by atoms with Crippen molar-refractivity contribution in [3.63, 3.8) is 0 Å². The highest BCUT2D eigenvalue weighted by molar-refractivity contribution is 5.85. The average molecular weight is 194 g/mol. The van der Waals surface area contributed by atoms with Gasteiger partial charge in [-0.05, 0) is 12.8 Å². The smallest absolute Gasteiger partial charge is 0.111 e. The molecule has 2 aliphatic rings. The topological polar surface area (TPSA) is 30.5 Å². The quantitative estimate of drug-likeness (QED) is 0.668. The summed E-state index contributed by atoms with van der Waals surface area (Å²) in [6.45, 7) is 3.71. The Hall–Kier alpha value is 0.170. The van der Waals surface area contributed by atoms with E-state index in [-0.39, 0.29) is 12.4 Å². The molecule has 0 bridgehead atoms. The molecule has 1 atom stereocenters. The lowest BCUT2D eigenvalue weighted by Crippen LogP contribution is -2.35. The monoisotopic (exact) mass is 193 g/mol. The molecule has 1 N–H and O–H groups in total. The van der Waals surface area contributed by atoms with Gasteiger partial charge in [0, 0.05) is 25.7 Å². The molecule has 72 valence electrons. The lowest BCUT2D eigenvalue weighted by molar-refractivity contribution is -0.0125. The Labute approximate surface area is 79.2 Å². The molecule has 2 aliphatic heterocycles. The predicted molar refractivity (Wildman–Crippen MR) is 48.5 cm³/mol. The first-order chi connectivity index (χ1) is 5.47. The van der Waals surface area contributed by atoms with Crippen LogP contribution in [-0.2, 0) is 9.47 Å². The van der Waals surface area contributed by atoms with Gasteiger partial charge in [0.15, 0.2) is 0 Å². The van der Waals surface area contributed by atoms with Gasteiger partial charge in [0.2, 0.25) is 0 Å². The summed E-state index contributed by atoms with van der Waals surface area (Å²) in [7, 11) is 0. The zero-order chi connectivity index (χ0) is 7.52. The Balaban J connectivity index is 0.000000720. The van der Waals surface area contributed by atoms with Crippen LogP contribution in [0.15, 0.2) is 0 Å². The maximum absolute atomic E-state index is 5.53. The van der Waals surface area contributed by atoms with E-state index in [4.69, 9.17) is 9.47 Å². The standard InChI is InChI=1S/C8H15NO2.ClH/c1-4-10-5-2-7(1)8-9-3-6-11-8;/h7-9H,1-6H2;1H. The molecule has 2 heterocycles. The van der Waals surface area contributed by atoms with Crippen molar-refractivity contribution in [3.05, 3.63) is 0 Å². The van der Waals surface area contributed by atoms with Crippen LogP contribution >= 0.6 is 12.4 Å². The van der Waals surface area contributed by atoms with Crippen molar-refractivity contribution in [2.75, 3.05) is 26.4 Å². The van der Waals surface area contributed by atoms with Crippen LogP contribution in [0, 0.1) is 5.92 Å². The average Bonchev–Trinajstić information content (AvgIpc) is 2.58. The van der Waals surface area contributed by atoms with Crippen LogP contribution in [0.2, 0.25) is 0 Å². The van der Waals surface area contributed by atoms with Crippen molar-refractivity contribution in [1.82, 2.24) is 5.32 Å². The largest absolute Gasteiger partial charge is 0.381 e. The van der Waals surface area contributed by atoms with E-state index >= 15 is 0 Å². The fraction of sp³-hybridized carbons (Fsp3) is 1.00. The first-order valence-electron chi connectivity index (χ1n) is 4.39. The van der Waals surface area contributed by atoms with Gasteiger partial charge in [0.25, 0.3) is 0 Å². The van der Waals surface area contributed by atoms with Crippen LogP contribution < -0.4 is 5.32 Å². The third-order valence-corrected chi connectivity index (χ3v) is 2.44. The fourth-order valence-electron chi connectivity index (χ4n) is 1.77. The summed E-state index contributed by atoms with van der Waals surface area (Å²) in [6, 6.07) is 0. The Morgan fingerprint density at radius 3 is 2.42 bits per heavy atom. The summed E-state index contributed by atoms with van der Waals surface area (Å²) in [5, 5.41) is 3.35. The van der Waals surface area contributed by atoms with Gasteiger partial charge >= 0.3 is 0 Å². The molecule has 0 aliphatic carbocycles. The van der Waals surface area contributed by atoms with Crippen LogP contribution in [-0.4, -0.2) is 32.6 Å². The van der Waals surface area contributed by atoms with Gasteiger partial charge < -0.3 is 9.47 Å². The molecule has 2 rings (SSSR count).